The molecule has 1 aliphatic rings. The van der Waals surface area contributed by atoms with Gasteiger partial charge in [-0.15, -0.1) is 0 Å². The van der Waals surface area contributed by atoms with Crippen molar-refractivity contribution in [3.05, 3.63) is 18.0 Å². The molecule has 0 atom stereocenters. The van der Waals surface area contributed by atoms with Crippen molar-refractivity contribution in [3.63, 3.8) is 0 Å². The van der Waals surface area contributed by atoms with Crippen LogP contribution in [0.1, 0.15) is 39.3 Å². The van der Waals surface area contributed by atoms with Crippen LogP contribution in [-0.4, -0.2) is 9.78 Å². The summed E-state index contributed by atoms with van der Waals surface area (Å²) in [6, 6.07) is 2.04. The molecular formula is C10H17N3. The Morgan fingerprint density at radius 1 is 1.46 bits per heavy atom. The van der Waals surface area contributed by atoms with Crippen LogP contribution in [0, 0.1) is 0 Å². The minimum Gasteiger partial charge on any atom is -0.320 e. The highest BCUT2D eigenvalue weighted by Crippen LogP contribution is 2.43. The molecule has 0 saturated heterocycles. The Balaban J connectivity index is 2.42. The van der Waals surface area contributed by atoms with Gasteiger partial charge < -0.3 is 5.73 Å². The van der Waals surface area contributed by atoms with Crippen LogP contribution in [0.15, 0.2) is 12.3 Å². The Morgan fingerprint density at radius 3 is 2.54 bits per heavy atom. The molecule has 72 valence electrons. The van der Waals surface area contributed by atoms with Crippen LogP contribution in [0.2, 0.25) is 0 Å². The molecule has 3 nitrogen and oxygen atoms in total. The van der Waals surface area contributed by atoms with Gasteiger partial charge in [-0.05, 0) is 39.7 Å². The second-order valence-electron chi connectivity index (χ2n) is 4.96. The molecule has 1 fully saturated rings. The molecule has 1 aliphatic carbocycles. The van der Waals surface area contributed by atoms with Gasteiger partial charge in [0.05, 0.1) is 16.8 Å². The molecule has 2 rings (SSSR count). The van der Waals surface area contributed by atoms with E-state index in [0.717, 1.165) is 12.8 Å². The van der Waals surface area contributed by atoms with E-state index in [2.05, 4.69) is 25.9 Å². The molecule has 1 saturated carbocycles. The lowest BCUT2D eigenvalue weighted by Gasteiger charge is -2.24. The molecule has 3 heteroatoms. The van der Waals surface area contributed by atoms with Gasteiger partial charge >= 0.3 is 0 Å². The van der Waals surface area contributed by atoms with Gasteiger partial charge in [0.2, 0.25) is 0 Å². The number of rotatable bonds is 1. The lowest BCUT2D eigenvalue weighted by molar-refractivity contribution is 0.333. The minimum absolute atomic E-state index is 0.0355. The predicted molar refractivity (Wildman–Crippen MR) is 52.3 cm³/mol. The highest BCUT2D eigenvalue weighted by atomic mass is 15.3. The lowest BCUT2D eigenvalue weighted by Crippen LogP contribution is -2.31. The van der Waals surface area contributed by atoms with E-state index in [9.17, 15) is 0 Å². The second kappa shape index (κ2) is 2.35. The van der Waals surface area contributed by atoms with E-state index in [-0.39, 0.29) is 11.1 Å². The van der Waals surface area contributed by atoms with Crippen LogP contribution < -0.4 is 5.73 Å². The first-order valence-corrected chi connectivity index (χ1v) is 4.77. The van der Waals surface area contributed by atoms with Crippen molar-refractivity contribution < 1.29 is 0 Å². The summed E-state index contributed by atoms with van der Waals surface area (Å²) in [6.07, 6.45) is 4.02. The van der Waals surface area contributed by atoms with Crippen molar-refractivity contribution in [2.75, 3.05) is 0 Å². The maximum atomic E-state index is 6.15. The lowest BCUT2D eigenvalue weighted by atomic mass is 10.1. The molecule has 1 aromatic rings. The van der Waals surface area contributed by atoms with Gasteiger partial charge in [-0.1, -0.05) is 0 Å². The quantitative estimate of drug-likeness (QED) is 0.711. The van der Waals surface area contributed by atoms with Gasteiger partial charge in [-0.3, -0.25) is 4.68 Å². The van der Waals surface area contributed by atoms with E-state index in [1.54, 1.807) is 0 Å². The first-order valence-electron chi connectivity index (χ1n) is 4.77. The number of hydrogen-bond donors (Lipinski definition) is 1. The average molecular weight is 179 g/mol. The molecular weight excluding hydrogens is 162 g/mol. The third kappa shape index (κ3) is 1.37. The molecule has 1 heterocycles. The van der Waals surface area contributed by atoms with Gasteiger partial charge in [-0.2, -0.15) is 5.10 Å². The normalized spacial score (nSPS) is 20.3. The van der Waals surface area contributed by atoms with Crippen molar-refractivity contribution in [2.45, 2.75) is 44.7 Å². The summed E-state index contributed by atoms with van der Waals surface area (Å²) in [4.78, 5) is 0. The van der Waals surface area contributed by atoms with Crippen molar-refractivity contribution in [2.24, 2.45) is 5.73 Å². The summed E-state index contributed by atoms with van der Waals surface area (Å²) in [5.41, 5.74) is 7.29. The van der Waals surface area contributed by atoms with Crippen molar-refractivity contribution in [3.8, 4) is 0 Å². The van der Waals surface area contributed by atoms with Crippen molar-refractivity contribution >= 4 is 0 Å². The van der Waals surface area contributed by atoms with Crippen LogP contribution in [0.5, 0.6) is 0 Å². The number of aromatic nitrogens is 2. The fourth-order valence-corrected chi connectivity index (χ4v) is 1.61. The SMILES string of the molecule is CC(C)(C)n1nccc1C1(N)CC1. The van der Waals surface area contributed by atoms with Gasteiger partial charge in [0.25, 0.3) is 0 Å². The monoisotopic (exact) mass is 179 g/mol. The second-order valence-corrected chi connectivity index (χ2v) is 4.96. The molecule has 0 bridgehead atoms. The zero-order valence-corrected chi connectivity index (χ0v) is 8.54. The Kier molecular flexibility index (Phi) is 1.58. The van der Waals surface area contributed by atoms with Crippen LogP contribution in [-0.2, 0) is 11.1 Å². The van der Waals surface area contributed by atoms with E-state index in [1.165, 1.54) is 5.69 Å². The summed E-state index contributed by atoms with van der Waals surface area (Å²) < 4.78 is 2.04. The van der Waals surface area contributed by atoms with Gasteiger partial charge in [-0.25, -0.2) is 0 Å². The van der Waals surface area contributed by atoms with E-state index in [1.807, 2.05) is 16.9 Å². The van der Waals surface area contributed by atoms with Gasteiger partial charge in [0.15, 0.2) is 0 Å². The first-order chi connectivity index (χ1) is 5.93. The molecule has 0 unspecified atom stereocenters. The summed E-state index contributed by atoms with van der Waals surface area (Å²) in [5, 5.41) is 4.33. The molecule has 0 spiro atoms. The standard InChI is InChI=1S/C10H17N3/c1-9(2,3)13-8(4-7-12-13)10(11)5-6-10/h4,7H,5-6,11H2,1-3H3. The van der Waals surface area contributed by atoms with Crippen LogP contribution in [0.3, 0.4) is 0 Å². The Bertz CT molecular complexity index is 295. The Morgan fingerprint density at radius 2 is 2.08 bits per heavy atom. The topological polar surface area (TPSA) is 43.8 Å². The molecule has 0 radical (unpaired) electrons. The van der Waals surface area contributed by atoms with E-state index < -0.39 is 0 Å². The molecule has 1 aromatic heterocycles. The maximum absolute atomic E-state index is 6.15. The fourth-order valence-electron chi connectivity index (χ4n) is 1.61. The minimum atomic E-state index is -0.0796. The van der Waals surface area contributed by atoms with Crippen molar-refractivity contribution in [1.82, 2.24) is 9.78 Å². The largest absolute Gasteiger partial charge is 0.320 e. The summed E-state index contributed by atoms with van der Waals surface area (Å²) in [6.45, 7) is 6.44. The number of nitrogens with two attached hydrogens (primary N) is 1. The van der Waals surface area contributed by atoms with E-state index >= 15 is 0 Å². The van der Waals surface area contributed by atoms with Crippen LogP contribution in [0.25, 0.3) is 0 Å². The Hall–Kier alpha value is -0.830. The zero-order valence-electron chi connectivity index (χ0n) is 8.54. The molecule has 0 amide bonds. The van der Waals surface area contributed by atoms with Crippen LogP contribution in [0.4, 0.5) is 0 Å². The number of hydrogen-bond acceptors (Lipinski definition) is 2. The summed E-state index contributed by atoms with van der Waals surface area (Å²) in [7, 11) is 0. The molecule has 2 N–H and O–H groups in total. The summed E-state index contributed by atoms with van der Waals surface area (Å²) in [5.74, 6) is 0. The third-order valence-electron chi connectivity index (χ3n) is 2.58. The average Bonchev–Trinajstić information content (AvgIpc) is 2.60. The van der Waals surface area contributed by atoms with Crippen molar-refractivity contribution in [1.29, 1.82) is 0 Å². The van der Waals surface area contributed by atoms with E-state index in [4.69, 9.17) is 5.73 Å². The van der Waals surface area contributed by atoms with E-state index in [0.29, 0.717) is 0 Å². The smallest absolute Gasteiger partial charge is 0.0589 e. The van der Waals surface area contributed by atoms with Crippen LogP contribution >= 0.6 is 0 Å². The van der Waals surface area contributed by atoms with Gasteiger partial charge in [0.1, 0.15) is 0 Å². The summed E-state index contributed by atoms with van der Waals surface area (Å²) >= 11 is 0. The maximum Gasteiger partial charge on any atom is 0.0589 e. The Labute approximate surface area is 78.9 Å². The fraction of sp³-hybridized carbons (Fsp3) is 0.700. The highest BCUT2D eigenvalue weighted by molar-refractivity contribution is 5.22. The highest BCUT2D eigenvalue weighted by Gasteiger charge is 2.43. The predicted octanol–water partition coefficient (Wildman–Crippen LogP) is 1.59. The molecule has 0 aromatic carbocycles. The molecule has 13 heavy (non-hydrogen) atoms. The number of nitrogens with zero attached hydrogens (tertiary/aromatic N) is 2. The zero-order chi connectivity index (χ0) is 9.69. The molecule has 0 aliphatic heterocycles. The third-order valence-corrected chi connectivity index (χ3v) is 2.58. The van der Waals surface area contributed by atoms with Gasteiger partial charge in [0, 0.05) is 6.20 Å². The first kappa shape index (κ1) is 8.75.